The molecule has 3 aromatic heterocycles. The summed E-state index contributed by atoms with van der Waals surface area (Å²) in [6, 6.07) is 13.9. The Morgan fingerprint density at radius 2 is 2.00 bits per heavy atom. The van der Waals surface area contributed by atoms with Gasteiger partial charge in [0.15, 0.2) is 5.49 Å². The first kappa shape index (κ1) is 24.4. The molecule has 1 aromatic carbocycles. The first-order valence-corrected chi connectivity index (χ1v) is 11.2. The van der Waals surface area contributed by atoms with Crippen molar-refractivity contribution >= 4 is 28.3 Å². The summed E-state index contributed by atoms with van der Waals surface area (Å²) in [5, 5.41) is 21.5. The van der Waals surface area contributed by atoms with E-state index >= 15 is 0 Å². The first-order valence-electron chi connectivity index (χ1n) is 11.2. The van der Waals surface area contributed by atoms with Gasteiger partial charge in [0.05, 0.1) is 22.0 Å². The average molecular weight is 486 g/mol. The molecule has 11 heteroatoms. The molecule has 36 heavy (non-hydrogen) atoms. The second-order valence-corrected chi connectivity index (χ2v) is 8.19. The molecule has 0 fully saturated rings. The van der Waals surface area contributed by atoms with Crippen molar-refractivity contribution in [3.8, 4) is 6.07 Å². The molecule has 182 valence electrons. The molecule has 0 radical (unpaired) electrons. The topological polar surface area (TPSA) is 145 Å². The fraction of sp³-hybridized carbons (Fsp3) is 0.240. The molecule has 11 nitrogen and oxygen atoms in total. The van der Waals surface area contributed by atoms with Crippen LogP contribution in [-0.2, 0) is 11.3 Å². The molecule has 3 heterocycles. The van der Waals surface area contributed by atoms with Gasteiger partial charge in [0, 0.05) is 25.4 Å². The number of carbonyl (C=O) groups is 1. The SMILES string of the molecule is CC(C)OCCCn1c(=NC(=O)c2ccccc2[N+](=O)[O-])c(C#N)cc2c(=O)n3ccccc3nc21. The Bertz CT molecular complexity index is 1660. The molecule has 0 aliphatic rings. The lowest BCUT2D eigenvalue weighted by molar-refractivity contribution is -0.385. The minimum atomic E-state index is -0.886. The number of nitriles is 1. The van der Waals surface area contributed by atoms with Gasteiger partial charge in [-0.1, -0.05) is 18.2 Å². The van der Waals surface area contributed by atoms with E-state index in [1.807, 2.05) is 19.9 Å². The number of aryl methyl sites for hydroxylation is 1. The molecule has 4 rings (SSSR count). The van der Waals surface area contributed by atoms with Gasteiger partial charge in [0.25, 0.3) is 17.2 Å². The molecular weight excluding hydrogens is 464 g/mol. The van der Waals surface area contributed by atoms with Crippen LogP contribution in [0.25, 0.3) is 16.7 Å². The Balaban J connectivity index is 2.00. The number of para-hydroxylation sites is 1. The molecule has 4 aromatic rings. The van der Waals surface area contributed by atoms with E-state index < -0.39 is 16.5 Å². The highest BCUT2D eigenvalue weighted by Crippen LogP contribution is 2.18. The molecule has 0 saturated heterocycles. The van der Waals surface area contributed by atoms with Crippen LogP contribution in [0.3, 0.4) is 0 Å². The number of amides is 1. The van der Waals surface area contributed by atoms with E-state index in [0.717, 1.165) is 0 Å². The van der Waals surface area contributed by atoms with Gasteiger partial charge in [-0.05, 0) is 44.5 Å². The summed E-state index contributed by atoms with van der Waals surface area (Å²) in [4.78, 5) is 45.8. The Kier molecular flexibility index (Phi) is 6.98. The van der Waals surface area contributed by atoms with Crippen molar-refractivity contribution in [3.63, 3.8) is 0 Å². The van der Waals surface area contributed by atoms with Crippen molar-refractivity contribution in [2.24, 2.45) is 4.99 Å². The van der Waals surface area contributed by atoms with Gasteiger partial charge < -0.3 is 9.30 Å². The number of rotatable bonds is 7. The van der Waals surface area contributed by atoms with E-state index in [1.54, 1.807) is 24.4 Å². The van der Waals surface area contributed by atoms with Crippen LogP contribution in [0.5, 0.6) is 0 Å². The number of carbonyl (C=O) groups excluding carboxylic acids is 1. The maximum absolute atomic E-state index is 13.2. The van der Waals surface area contributed by atoms with Crippen molar-refractivity contribution in [1.82, 2.24) is 14.0 Å². The van der Waals surface area contributed by atoms with Gasteiger partial charge in [0.2, 0.25) is 0 Å². The number of ether oxygens (including phenoxy) is 1. The highest BCUT2D eigenvalue weighted by atomic mass is 16.6. The standard InChI is InChI=1S/C25H22N6O5/c1-16(2)36-13-7-12-30-22(28-24(32)18-8-3-4-9-20(18)31(34)35)17(15-26)14-19-23(30)27-21-10-5-6-11-29(21)25(19)33/h3-6,8-11,14,16H,7,12-13H2,1-2H3. The molecule has 0 aliphatic heterocycles. The van der Waals surface area contributed by atoms with Gasteiger partial charge in [-0.3, -0.25) is 24.1 Å². The summed E-state index contributed by atoms with van der Waals surface area (Å²) in [6.07, 6.45) is 2.06. The summed E-state index contributed by atoms with van der Waals surface area (Å²) >= 11 is 0. The number of nitro groups is 1. The molecule has 0 spiro atoms. The third-order valence-electron chi connectivity index (χ3n) is 5.43. The molecule has 0 saturated carbocycles. The molecule has 0 atom stereocenters. The van der Waals surface area contributed by atoms with E-state index in [-0.39, 0.29) is 45.9 Å². The van der Waals surface area contributed by atoms with Crippen LogP contribution in [0.1, 0.15) is 36.2 Å². The lowest BCUT2D eigenvalue weighted by atomic mass is 10.1. The van der Waals surface area contributed by atoms with Crippen LogP contribution >= 0.6 is 0 Å². The minimum Gasteiger partial charge on any atom is -0.379 e. The molecule has 0 bridgehead atoms. The largest absolute Gasteiger partial charge is 0.379 e. The number of hydrogen-bond donors (Lipinski definition) is 0. The van der Waals surface area contributed by atoms with Gasteiger partial charge in [-0.15, -0.1) is 0 Å². The molecule has 0 N–H and O–H groups in total. The Hall–Kier alpha value is -4.69. The molecule has 0 unspecified atom stereocenters. The third-order valence-corrected chi connectivity index (χ3v) is 5.43. The Morgan fingerprint density at radius 3 is 2.72 bits per heavy atom. The minimum absolute atomic E-state index is 0.00765. The highest BCUT2D eigenvalue weighted by Gasteiger charge is 2.20. The van der Waals surface area contributed by atoms with Gasteiger partial charge >= 0.3 is 0 Å². The number of nitro benzene ring substituents is 1. The van der Waals surface area contributed by atoms with E-state index in [9.17, 15) is 25.0 Å². The zero-order valence-electron chi connectivity index (χ0n) is 19.6. The van der Waals surface area contributed by atoms with E-state index in [4.69, 9.17) is 4.74 Å². The third kappa shape index (κ3) is 4.75. The monoisotopic (exact) mass is 486 g/mol. The fourth-order valence-electron chi connectivity index (χ4n) is 3.80. The van der Waals surface area contributed by atoms with Crippen LogP contribution in [0.4, 0.5) is 5.69 Å². The van der Waals surface area contributed by atoms with Crippen LogP contribution in [0, 0.1) is 21.4 Å². The van der Waals surface area contributed by atoms with Crippen molar-refractivity contribution in [2.75, 3.05) is 6.61 Å². The normalized spacial score (nSPS) is 11.8. The van der Waals surface area contributed by atoms with Crippen LogP contribution in [0.2, 0.25) is 0 Å². The summed E-state index contributed by atoms with van der Waals surface area (Å²) in [7, 11) is 0. The smallest absolute Gasteiger partial charge is 0.285 e. The van der Waals surface area contributed by atoms with Crippen molar-refractivity contribution in [3.05, 3.63) is 91.8 Å². The summed E-state index contributed by atoms with van der Waals surface area (Å²) in [5.41, 5.74) is -0.445. The maximum atomic E-state index is 13.2. The number of hydrogen-bond acceptors (Lipinski definition) is 7. The second-order valence-electron chi connectivity index (χ2n) is 8.19. The zero-order valence-corrected chi connectivity index (χ0v) is 19.6. The summed E-state index contributed by atoms with van der Waals surface area (Å²) < 4.78 is 8.51. The van der Waals surface area contributed by atoms with Gasteiger partial charge in [-0.25, -0.2) is 4.98 Å². The Morgan fingerprint density at radius 1 is 1.25 bits per heavy atom. The maximum Gasteiger partial charge on any atom is 0.285 e. The van der Waals surface area contributed by atoms with Crippen LogP contribution < -0.4 is 11.0 Å². The molecular formula is C25H22N6O5. The highest BCUT2D eigenvalue weighted by molar-refractivity contribution is 5.98. The zero-order chi connectivity index (χ0) is 25.8. The van der Waals surface area contributed by atoms with Crippen molar-refractivity contribution in [2.45, 2.75) is 32.9 Å². The number of benzene rings is 1. The Labute approximate surface area is 204 Å². The number of nitrogens with zero attached hydrogens (tertiary/aromatic N) is 6. The van der Waals surface area contributed by atoms with Crippen LogP contribution in [-0.4, -0.2) is 37.5 Å². The quantitative estimate of drug-likeness (QED) is 0.169. The van der Waals surface area contributed by atoms with Gasteiger partial charge in [0.1, 0.15) is 22.9 Å². The van der Waals surface area contributed by atoms with E-state index in [2.05, 4.69) is 9.98 Å². The van der Waals surface area contributed by atoms with Gasteiger partial charge in [-0.2, -0.15) is 10.3 Å². The number of pyridine rings is 2. The summed E-state index contributed by atoms with van der Waals surface area (Å²) in [5.74, 6) is -0.886. The molecule has 1 amide bonds. The first-order chi connectivity index (χ1) is 17.3. The number of aromatic nitrogens is 3. The molecule has 0 aliphatic carbocycles. The second kappa shape index (κ2) is 10.3. The van der Waals surface area contributed by atoms with E-state index in [1.165, 1.54) is 39.3 Å². The lowest BCUT2D eigenvalue weighted by Gasteiger charge is -2.14. The lowest BCUT2D eigenvalue weighted by Crippen LogP contribution is -2.30. The summed E-state index contributed by atoms with van der Waals surface area (Å²) in [6.45, 7) is 4.42. The van der Waals surface area contributed by atoms with Crippen molar-refractivity contribution < 1.29 is 14.5 Å². The van der Waals surface area contributed by atoms with Crippen LogP contribution in [0.15, 0.2) is 64.5 Å². The number of fused-ring (bicyclic) bond motifs is 2. The average Bonchev–Trinajstić information content (AvgIpc) is 2.87. The van der Waals surface area contributed by atoms with Crippen molar-refractivity contribution in [1.29, 1.82) is 5.26 Å². The predicted octanol–water partition coefficient (Wildman–Crippen LogP) is 2.99. The fourth-order valence-corrected chi connectivity index (χ4v) is 3.80. The predicted molar refractivity (Wildman–Crippen MR) is 130 cm³/mol. The van der Waals surface area contributed by atoms with E-state index in [0.29, 0.717) is 18.7 Å².